The minimum atomic E-state index is -2.82. The fourth-order valence-electron chi connectivity index (χ4n) is 4.17. The van der Waals surface area contributed by atoms with Crippen LogP contribution < -0.4 is 29.1 Å². The van der Waals surface area contributed by atoms with Crippen molar-refractivity contribution in [1.82, 2.24) is 9.97 Å². The molecule has 0 aliphatic heterocycles. The molecule has 5 aromatic rings. The molecule has 0 aliphatic carbocycles. The van der Waals surface area contributed by atoms with Gasteiger partial charge in [-0.25, -0.2) is 9.97 Å². The van der Waals surface area contributed by atoms with Crippen LogP contribution in [0.15, 0.2) is 91.0 Å². The van der Waals surface area contributed by atoms with Crippen molar-refractivity contribution in [2.75, 3.05) is 36.3 Å². The SMILES string of the molecule is COc1ccc(C(=O)Nc2cccc(N(c3nc4ccccc4nc3Nc3cc(OC)cc(OC)c3)S(=O)[O-])c2)cc1. The largest absolute Gasteiger partial charge is 0.755 e. The molecule has 2 N–H and O–H groups in total. The molecule has 0 saturated heterocycles. The maximum atomic E-state index is 12.9. The van der Waals surface area contributed by atoms with Gasteiger partial charge in [-0.2, -0.15) is 0 Å². The van der Waals surface area contributed by atoms with Crippen LogP contribution >= 0.6 is 0 Å². The number of amides is 1. The zero-order valence-corrected chi connectivity index (χ0v) is 23.7. The van der Waals surface area contributed by atoms with E-state index < -0.39 is 11.3 Å². The molecule has 0 spiro atoms. The lowest BCUT2D eigenvalue weighted by Gasteiger charge is -2.27. The Morgan fingerprint density at radius 1 is 0.762 bits per heavy atom. The van der Waals surface area contributed by atoms with E-state index in [1.807, 2.05) is 6.07 Å². The van der Waals surface area contributed by atoms with Gasteiger partial charge in [-0.3, -0.25) is 13.3 Å². The highest BCUT2D eigenvalue weighted by molar-refractivity contribution is 7.81. The first-order valence-electron chi connectivity index (χ1n) is 12.6. The van der Waals surface area contributed by atoms with Gasteiger partial charge in [-0.1, -0.05) is 18.2 Å². The van der Waals surface area contributed by atoms with Gasteiger partial charge in [0.25, 0.3) is 5.91 Å². The molecule has 1 aromatic heterocycles. The van der Waals surface area contributed by atoms with E-state index in [0.29, 0.717) is 45.2 Å². The minimum absolute atomic E-state index is 0.0162. The minimum Gasteiger partial charge on any atom is -0.755 e. The third kappa shape index (κ3) is 6.24. The van der Waals surface area contributed by atoms with Crippen molar-refractivity contribution < 1.29 is 27.8 Å². The van der Waals surface area contributed by atoms with E-state index in [2.05, 4.69) is 20.6 Å². The number of carbonyl (C=O) groups excluding carboxylic acids is 1. The van der Waals surface area contributed by atoms with Crippen LogP contribution in [0.25, 0.3) is 11.0 Å². The summed E-state index contributed by atoms with van der Waals surface area (Å²) < 4.78 is 42.4. The molecule has 1 heterocycles. The van der Waals surface area contributed by atoms with E-state index in [1.54, 1.807) is 86.0 Å². The summed E-state index contributed by atoms with van der Waals surface area (Å²) in [6, 6.07) is 25.3. The maximum absolute atomic E-state index is 12.9. The molecule has 0 fully saturated rings. The molecule has 1 amide bonds. The Labute approximate surface area is 244 Å². The van der Waals surface area contributed by atoms with Crippen LogP contribution in [0.5, 0.6) is 17.2 Å². The third-order valence-corrected chi connectivity index (χ3v) is 6.88. The second-order valence-electron chi connectivity index (χ2n) is 8.86. The molecule has 0 aliphatic rings. The summed E-state index contributed by atoms with van der Waals surface area (Å²) in [4.78, 5) is 22.2. The highest BCUT2D eigenvalue weighted by Gasteiger charge is 2.21. The van der Waals surface area contributed by atoms with Crippen molar-refractivity contribution in [2.24, 2.45) is 0 Å². The highest BCUT2D eigenvalue weighted by atomic mass is 32.2. The molecule has 1 unspecified atom stereocenters. The first-order chi connectivity index (χ1) is 20.4. The Balaban J connectivity index is 1.54. The molecule has 214 valence electrons. The number of hydrogen-bond acceptors (Lipinski definition) is 9. The Morgan fingerprint density at radius 2 is 1.40 bits per heavy atom. The van der Waals surface area contributed by atoms with Crippen LogP contribution in [-0.4, -0.2) is 46.0 Å². The predicted molar refractivity (Wildman–Crippen MR) is 161 cm³/mol. The van der Waals surface area contributed by atoms with Crippen molar-refractivity contribution in [3.8, 4) is 17.2 Å². The fourth-order valence-corrected chi connectivity index (χ4v) is 4.72. The Hall–Kier alpha value is -5.20. The van der Waals surface area contributed by atoms with E-state index in [0.717, 1.165) is 4.31 Å². The standard InChI is InChI=1S/C30H27N5O6S/c1-39-23-13-11-19(12-14-23)30(36)32-20-7-6-8-22(15-20)35(42(37)38)29-28(33-26-9-4-5-10-27(26)34-29)31-21-16-24(40-2)18-25(17-21)41-3/h4-18H,1-3H3,(H,31,33)(H,32,36)(H,37,38)/p-1. The zero-order valence-electron chi connectivity index (χ0n) is 22.9. The van der Waals surface area contributed by atoms with Gasteiger partial charge in [0, 0.05) is 35.1 Å². The molecule has 0 bridgehead atoms. The predicted octanol–water partition coefficient (Wildman–Crippen LogP) is 5.58. The average Bonchev–Trinajstić information content (AvgIpc) is 3.01. The molecule has 11 nitrogen and oxygen atoms in total. The molecule has 42 heavy (non-hydrogen) atoms. The number of ether oxygens (including phenoxy) is 3. The molecule has 4 aromatic carbocycles. The number of nitrogens with one attached hydrogen (secondary N) is 2. The molecule has 0 radical (unpaired) electrons. The lowest BCUT2D eigenvalue weighted by Crippen LogP contribution is -2.22. The Kier molecular flexibility index (Phi) is 8.46. The average molecular weight is 585 g/mol. The number of hydrogen-bond donors (Lipinski definition) is 2. The summed E-state index contributed by atoms with van der Waals surface area (Å²) in [5.74, 6) is 1.48. The number of anilines is 5. The first-order valence-corrected chi connectivity index (χ1v) is 13.6. The summed E-state index contributed by atoms with van der Waals surface area (Å²) in [6.07, 6.45) is 0. The summed E-state index contributed by atoms with van der Waals surface area (Å²) in [5, 5.41) is 5.97. The van der Waals surface area contributed by atoms with E-state index in [9.17, 15) is 13.6 Å². The molecular weight excluding hydrogens is 558 g/mol. The Bertz CT molecular complexity index is 1740. The second kappa shape index (κ2) is 12.5. The zero-order chi connectivity index (χ0) is 29.6. The smallest absolute Gasteiger partial charge is 0.255 e. The van der Waals surface area contributed by atoms with Gasteiger partial charge < -0.3 is 29.4 Å². The number of carbonyl (C=O) groups is 1. The highest BCUT2D eigenvalue weighted by Crippen LogP contribution is 2.36. The van der Waals surface area contributed by atoms with E-state index in [-0.39, 0.29) is 23.2 Å². The normalized spacial score (nSPS) is 11.4. The van der Waals surface area contributed by atoms with Gasteiger partial charge in [0.05, 0.1) is 49.3 Å². The van der Waals surface area contributed by atoms with E-state index >= 15 is 0 Å². The quantitative estimate of drug-likeness (QED) is 0.201. The number of methoxy groups -OCH3 is 3. The Morgan fingerprint density at radius 3 is 2.02 bits per heavy atom. The van der Waals surface area contributed by atoms with Crippen LogP contribution in [0.2, 0.25) is 0 Å². The van der Waals surface area contributed by atoms with E-state index in [1.165, 1.54) is 20.3 Å². The number of benzene rings is 4. The van der Waals surface area contributed by atoms with Gasteiger partial charge in [0.2, 0.25) is 0 Å². The summed E-state index contributed by atoms with van der Waals surface area (Å²) >= 11 is -2.82. The topological polar surface area (TPSA) is 138 Å². The number of para-hydroxylation sites is 2. The van der Waals surface area contributed by atoms with Crippen molar-refractivity contribution in [2.45, 2.75) is 0 Å². The number of fused-ring (bicyclic) bond motifs is 1. The van der Waals surface area contributed by atoms with Crippen LogP contribution in [0.1, 0.15) is 10.4 Å². The summed E-state index contributed by atoms with van der Waals surface area (Å²) in [7, 11) is 4.60. The van der Waals surface area contributed by atoms with Crippen LogP contribution in [0.4, 0.5) is 28.7 Å². The number of aromatic nitrogens is 2. The lowest BCUT2D eigenvalue weighted by molar-refractivity contribution is 0.102. The molecular formula is C30H26N5O6S-. The third-order valence-electron chi connectivity index (χ3n) is 6.20. The molecule has 12 heteroatoms. The number of nitrogens with zero attached hydrogens (tertiary/aromatic N) is 3. The molecule has 5 rings (SSSR count). The summed E-state index contributed by atoms with van der Waals surface area (Å²) in [6.45, 7) is 0. The molecule has 0 saturated carbocycles. The summed E-state index contributed by atoms with van der Waals surface area (Å²) in [5.41, 5.74) is 2.59. The van der Waals surface area contributed by atoms with Crippen LogP contribution in [0.3, 0.4) is 0 Å². The van der Waals surface area contributed by atoms with Crippen molar-refractivity contribution in [3.05, 3.63) is 96.6 Å². The van der Waals surface area contributed by atoms with Crippen molar-refractivity contribution in [1.29, 1.82) is 0 Å². The second-order valence-corrected chi connectivity index (χ2v) is 9.65. The van der Waals surface area contributed by atoms with Crippen LogP contribution in [0, 0.1) is 0 Å². The van der Waals surface area contributed by atoms with E-state index in [4.69, 9.17) is 14.2 Å². The van der Waals surface area contributed by atoms with Gasteiger partial charge in [-0.15, -0.1) is 0 Å². The van der Waals surface area contributed by atoms with Gasteiger partial charge in [0.1, 0.15) is 17.2 Å². The number of rotatable bonds is 10. The monoisotopic (exact) mass is 584 g/mol. The van der Waals surface area contributed by atoms with Gasteiger partial charge >= 0.3 is 0 Å². The first kappa shape index (κ1) is 28.3. The van der Waals surface area contributed by atoms with Crippen molar-refractivity contribution >= 4 is 56.9 Å². The lowest BCUT2D eigenvalue weighted by atomic mass is 10.2. The van der Waals surface area contributed by atoms with Gasteiger partial charge in [-0.05, 0) is 54.6 Å². The molecule has 1 atom stereocenters. The fraction of sp³-hybridized carbons (Fsp3) is 0.100. The maximum Gasteiger partial charge on any atom is 0.255 e. The van der Waals surface area contributed by atoms with Crippen LogP contribution in [-0.2, 0) is 11.3 Å². The van der Waals surface area contributed by atoms with Gasteiger partial charge in [0.15, 0.2) is 11.6 Å². The van der Waals surface area contributed by atoms with Crippen molar-refractivity contribution in [3.63, 3.8) is 0 Å².